The van der Waals surface area contributed by atoms with Gasteiger partial charge in [-0.3, -0.25) is 15.0 Å². The van der Waals surface area contributed by atoms with Gasteiger partial charge in [0.1, 0.15) is 12.3 Å². The van der Waals surface area contributed by atoms with Gasteiger partial charge in [0, 0.05) is 0 Å². The summed E-state index contributed by atoms with van der Waals surface area (Å²) in [5.74, 6) is -2.41. The highest BCUT2D eigenvalue weighted by Crippen LogP contribution is 2.22. The SMILES string of the molecule is CONc1c(C(=O)OC)nn(CCOCC(F)(F)F)c1C(=O)O. The predicted octanol–water partition coefficient (Wildman–Crippen LogP) is 0.920. The second-order valence-electron chi connectivity index (χ2n) is 4.07. The van der Waals surface area contributed by atoms with Crippen LogP contribution in [0.4, 0.5) is 18.9 Å². The average Bonchev–Trinajstić information content (AvgIpc) is 2.81. The lowest BCUT2D eigenvalue weighted by atomic mass is 10.3. The molecule has 0 radical (unpaired) electrons. The van der Waals surface area contributed by atoms with E-state index < -0.39 is 37.0 Å². The van der Waals surface area contributed by atoms with Crippen molar-refractivity contribution >= 4 is 17.6 Å². The third-order valence-electron chi connectivity index (χ3n) is 2.45. The largest absolute Gasteiger partial charge is 0.476 e. The Kier molecular flexibility index (Phi) is 6.33. The molecule has 0 atom stereocenters. The van der Waals surface area contributed by atoms with E-state index in [0.29, 0.717) is 0 Å². The maximum atomic E-state index is 12.0. The second kappa shape index (κ2) is 7.78. The number of hydrogen-bond donors (Lipinski definition) is 2. The maximum absolute atomic E-state index is 12.0. The van der Waals surface area contributed by atoms with Gasteiger partial charge in [-0.2, -0.15) is 18.3 Å². The van der Waals surface area contributed by atoms with Crippen LogP contribution in [-0.4, -0.2) is 60.4 Å². The minimum Gasteiger partial charge on any atom is -0.476 e. The van der Waals surface area contributed by atoms with Crippen LogP contribution in [0.2, 0.25) is 0 Å². The molecule has 1 aromatic rings. The summed E-state index contributed by atoms with van der Waals surface area (Å²) in [6, 6.07) is 0. The number of carbonyl (C=O) groups is 2. The van der Waals surface area contributed by atoms with Gasteiger partial charge in [0.05, 0.1) is 27.4 Å². The number of ether oxygens (including phenoxy) is 2. The van der Waals surface area contributed by atoms with E-state index in [1.165, 1.54) is 7.11 Å². The average molecular weight is 341 g/mol. The quantitative estimate of drug-likeness (QED) is 0.408. The minimum absolute atomic E-state index is 0.275. The van der Waals surface area contributed by atoms with Crippen molar-refractivity contribution in [1.29, 1.82) is 0 Å². The molecule has 9 nitrogen and oxygen atoms in total. The molecule has 0 saturated heterocycles. The lowest BCUT2D eigenvalue weighted by molar-refractivity contribution is -0.174. The monoisotopic (exact) mass is 341 g/mol. The number of hydrogen-bond acceptors (Lipinski definition) is 7. The Balaban J connectivity index is 3.01. The van der Waals surface area contributed by atoms with Crippen LogP contribution < -0.4 is 5.48 Å². The first kappa shape index (κ1) is 18.7. The Morgan fingerprint density at radius 2 is 2.00 bits per heavy atom. The number of alkyl halides is 3. The lowest BCUT2D eigenvalue weighted by Gasteiger charge is -2.09. The Labute approximate surface area is 127 Å². The summed E-state index contributed by atoms with van der Waals surface area (Å²) in [5.41, 5.74) is 1.05. The summed E-state index contributed by atoms with van der Waals surface area (Å²) in [6.45, 7) is -2.27. The molecule has 23 heavy (non-hydrogen) atoms. The van der Waals surface area contributed by atoms with Gasteiger partial charge in [0.15, 0.2) is 11.4 Å². The summed E-state index contributed by atoms with van der Waals surface area (Å²) in [7, 11) is 2.24. The van der Waals surface area contributed by atoms with Gasteiger partial charge in [-0.25, -0.2) is 9.59 Å². The van der Waals surface area contributed by atoms with Crippen molar-refractivity contribution in [2.24, 2.45) is 0 Å². The Hall–Kier alpha value is -2.34. The molecular weight excluding hydrogens is 327 g/mol. The number of halogens is 3. The molecule has 0 aromatic carbocycles. The third-order valence-corrected chi connectivity index (χ3v) is 2.45. The zero-order chi connectivity index (χ0) is 17.6. The number of nitrogens with one attached hydrogen (secondary N) is 1. The molecule has 0 saturated carbocycles. The van der Waals surface area contributed by atoms with Crippen LogP contribution in [0.15, 0.2) is 0 Å². The number of aromatic carboxylic acids is 1. The van der Waals surface area contributed by atoms with Crippen molar-refractivity contribution in [3.05, 3.63) is 11.4 Å². The van der Waals surface area contributed by atoms with Crippen molar-refractivity contribution in [2.75, 3.05) is 32.9 Å². The predicted molar refractivity (Wildman–Crippen MR) is 68.0 cm³/mol. The molecule has 0 aliphatic carbocycles. The van der Waals surface area contributed by atoms with Crippen molar-refractivity contribution in [1.82, 2.24) is 9.78 Å². The standard InChI is InChI=1S/C11H14F3N3O6/c1-21-10(20)7-6(16-22-2)8(9(18)19)17(15-7)3-4-23-5-11(12,13)14/h16H,3-5H2,1-2H3,(H,18,19). The normalized spacial score (nSPS) is 11.3. The topological polar surface area (TPSA) is 112 Å². The molecule has 0 aliphatic rings. The zero-order valence-corrected chi connectivity index (χ0v) is 12.1. The summed E-state index contributed by atoms with van der Waals surface area (Å²) in [6.07, 6.45) is -4.50. The molecule has 0 aliphatic heterocycles. The highest BCUT2D eigenvalue weighted by Gasteiger charge is 2.29. The van der Waals surface area contributed by atoms with E-state index in [-0.39, 0.29) is 17.9 Å². The summed E-state index contributed by atoms with van der Waals surface area (Å²) in [4.78, 5) is 27.5. The zero-order valence-electron chi connectivity index (χ0n) is 12.1. The van der Waals surface area contributed by atoms with Crippen molar-refractivity contribution in [2.45, 2.75) is 12.7 Å². The van der Waals surface area contributed by atoms with Crippen LogP contribution in [0.1, 0.15) is 21.0 Å². The first-order valence-corrected chi connectivity index (χ1v) is 6.07. The first-order chi connectivity index (χ1) is 10.7. The van der Waals surface area contributed by atoms with Crippen LogP contribution in [0.25, 0.3) is 0 Å². The number of anilines is 1. The molecule has 0 amide bonds. The Morgan fingerprint density at radius 3 is 2.48 bits per heavy atom. The maximum Gasteiger partial charge on any atom is 0.411 e. The van der Waals surface area contributed by atoms with Gasteiger partial charge in [-0.1, -0.05) is 0 Å². The molecule has 130 valence electrons. The van der Waals surface area contributed by atoms with Crippen LogP contribution in [-0.2, 0) is 20.9 Å². The fourth-order valence-corrected chi connectivity index (χ4v) is 1.62. The molecule has 12 heteroatoms. The highest BCUT2D eigenvalue weighted by atomic mass is 19.4. The van der Waals surface area contributed by atoms with E-state index in [4.69, 9.17) is 0 Å². The number of aromatic nitrogens is 2. The molecule has 0 bridgehead atoms. The molecule has 1 aromatic heterocycles. The smallest absolute Gasteiger partial charge is 0.411 e. The number of rotatable bonds is 8. The van der Waals surface area contributed by atoms with Crippen molar-refractivity contribution < 1.29 is 42.2 Å². The molecular formula is C11H14F3N3O6. The second-order valence-corrected chi connectivity index (χ2v) is 4.07. The molecule has 0 unspecified atom stereocenters. The molecule has 1 heterocycles. The van der Waals surface area contributed by atoms with E-state index in [0.717, 1.165) is 11.8 Å². The van der Waals surface area contributed by atoms with E-state index in [2.05, 4.69) is 24.9 Å². The lowest BCUT2D eigenvalue weighted by Crippen LogP contribution is -2.20. The number of methoxy groups -OCH3 is 1. The van der Waals surface area contributed by atoms with Gasteiger partial charge >= 0.3 is 18.1 Å². The number of esters is 1. The number of carboxylic acid groups (broad SMARTS) is 1. The van der Waals surface area contributed by atoms with Crippen LogP contribution in [0, 0.1) is 0 Å². The van der Waals surface area contributed by atoms with Gasteiger partial charge in [0.25, 0.3) is 0 Å². The van der Waals surface area contributed by atoms with Gasteiger partial charge in [-0.15, -0.1) is 0 Å². The molecule has 0 fully saturated rings. The number of carbonyl (C=O) groups excluding carboxylic acids is 1. The van der Waals surface area contributed by atoms with Crippen molar-refractivity contribution in [3.8, 4) is 0 Å². The van der Waals surface area contributed by atoms with Gasteiger partial charge in [0.2, 0.25) is 0 Å². The van der Waals surface area contributed by atoms with Crippen LogP contribution >= 0.6 is 0 Å². The van der Waals surface area contributed by atoms with E-state index in [1.807, 2.05) is 0 Å². The molecule has 2 N–H and O–H groups in total. The van der Waals surface area contributed by atoms with Crippen LogP contribution in [0.5, 0.6) is 0 Å². The fraction of sp³-hybridized carbons (Fsp3) is 0.545. The van der Waals surface area contributed by atoms with E-state index in [9.17, 15) is 27.9 Å². The highest BCUT2D eigenvalue weighted by molar-refractivity contribution is 6.01. The fourth-order valence-electron chi connectivity index (χ4n) is 1.62. The van der Waals surface area contributed by atoms with Gasteiger partial charge < -0.3 is 14.6 Å². The number of nitrogens with zero attached hydrogens (tertiary/aromatic N) is 2. The molecule has 0 spiro atoms. The van der Waals surface area contributed by atoms with Gasteiger partial charge in [-0.05, 0) is 0 Å². The summed E-state index contributed by atoms with van der Waals surface area (Å²) >= 11 is 0. The minimum atomic E-state index is -4.50. The Morgan fingerprint density at radius 1 is 1.35 bits per heavy atom. The van der Waals surface area contributed by atoms with Crippen molar-refractivity contribution in [3.63, 3.8) is 0 Å². The first-order valence-electron chi connectivity index (χ1n) is 6.07. The third kappa shape index (κ3) is 5.10. The van der Waals surface area contributed by atoms with E-state index >= 15 is 0 Å². The Bertz CT molecular complexity index is 572. The summed E-state index contributed by atoms with van der Waals surface area (Å²) < 4.78 is 45.6. The van der Waals surface area contributed by atoms with E-state index in [1.54, 1.807) is 0 Å². The summed E-state index contributed by atoms with van der Waals surface area (Å²) in [5, 5.41) is 12.9. The number of carboxylic acids is 1. The molecule has 1 rings (SSSR count). The van der Waals surface area contributed by atoms with Crippen LogP contribution in [0.3, 0.4) is 0 Å².